The Morgan fingerprint density at radius 1 is 1.42 bits per heavy atom. The third kappa shape index (κ3) is 2.98. The molecule has 0 aromatic carbocycles. The van der Waals surface area contributed by atoms with Crippen LogP contribution >= 0.6 is 27.3 Å². The summed E-state index contributed by atoms with van der Waals surface area (Å²) in [5, 5.41) is 10.1. The number of thiophene rings is 1. The molecule has 0 saturated heterocycles. The van der Waals surface area contributed by atoms with Crippen LogP contribution in [0.3, 0.4) is 0 Å². The maximum Gasteiger partial charge on any atom is 0.416 e. The number of nitrogens with zero attached hydrogens (tertiary/aromatic N) is 1. The quantitative estimate of drug-likeness (QED) is 0.874. The zero-order valence-electron chi connectivity index (χ0n) is 9.70. The molecule has 0 fully saturated rings. The summed E-state index contributed by atoms with van der Waals surface area (Å²) in [6, 6.07) is 2.49. The molecule has 19 heavy (non-hydrogen) atoms. The molecule has 102 valence electrons. The largest absolute Gasteiger partial charge is 0.416 e. The minimum absolute atomic E-state index is 0.233. The molecule has 1 atom stereocenters. The minimum Gasteiger partial charge on any atom is -0.383 e. The average Bonchev–Trinajstić information content (AvgIpc) is 2.68. The van der Waals surface area contributed by atoms with E-state index in [4.69, 9.17) is 0 Å². The van der Waals surface area contributed by atoms with Gasteiger partial charge in [0.15, 0.2) is 0 Å². The van der Waals surface area contributed by atoms with Crippen molar-refractivity contribution in [1.29, 1.82) is 0 Å². The van der Waals surface area contributed by atoms with E-state index >= 15 is 0 Å². The smallest absolute Gasteiger partial charge is 0.383 e. The number of aromatic nitrogens is 1. The molecule has 0 saturated carbocycles. The molecule has 0 radical (unpaired) electrons. The zero-order chi connectivity index (χ0) is 14.2. The van der Waals surface area contributed by atoms with Crippen LogP contribution in [-0.2, 0) is 6.18 Å². The van der Waals surface area contributed by atoms with Crippen LogP contribution in [-0.4, -0.2) is 10.1 Å². The Kier molecular flexibility index (Phi) is 3.98. The second-order valence-corrected chi connectivity index (χ2v) is 6.06. The maximum absolute atomic E-state index is 12.9. The van der Waals surface area contributed by atoms with Gasteiger partial charge in [-0.1, -0.05) is 0 Å². The first-order valence-electron chi connectivity index (χ1n) is 5.25. The van der Waals surface area contributed by atoms with Gasteiger partial charge in [-0.05, 0) is 35.0 Å². The van der Waals surface area contributed by atoms with Crippen molar-refractivity contribution in [1.82, 2.24) is 4.98 Å². The molecular weight excluding hydrogens is 343 g/mol. The van der Waals surface area contributed by atoms with E-state index in [9.17, 15) is 18.3 Å². The highest BCUT2D eigenvalue weighted by molar-refractivity contribution is 9.10. The molecule has 0 aliphatic heterocycles. The molecule has 0 amide bonds. The fourth-order valence-electron chi connectivity index (χ4n) is 1.65. The highest BCUT2D eigenvalue weighted by Crippen LogP contribution is 2.39. The average molecular weight is 352 g/mol. The van der Waals surface area contributed by atoms with Crippen LogP contribution in [0.2, 0.25) is 0 Å². The second-order valence-electron chi connectivity index (χ2n) is 3.92. The van der Waals surface area contributed by atoms with Gasteiger partial charge >= 0.3 is 6.18 Å². The number of aryl methyl sites for hydroxylation is 1. The van der Waals surface area contributed by atoms with Crippen molar-refractivity contribution in [2.75, 3.05) is 0 Å². The van der Waals surface area contributed by atoms with Gasteiger partial charge in [0.2, 0.25) is 0 Å². The lowest BCUT2D eigenvalue weighted by molar-refractivity contribution is -0.139. The van der Waals surface area contributed by atoms with Gasteiger partial charge < -0.3 is 5.11 Å². The van der Waals surface area contributed by atoms with Crippen molar-refractivity contribution in [3.05, 3.63) is 49.9 Å². The van der Waals surface area contributed by atoms with Crippen molar-refractivity contribution < 1.29 is 18.3 Å². The van der Waals surface area contributed by atoms with E-state index in [1.54, 1.807) is 6.07 Å². The molecule has 0 spiro atoms. The lowest BCUT2D eigenvalue weighted by Crippen LogP contribution is -2.12. The van der Waals surface area contributed by atoms with Gasteiger partial charge in [-0.2, -0.15) is 13.2 Å². The first kappa shape index (κ1) is 14.5. The summed E-state index contributed by atoms with van der Waals surface area (Å²) in [5.74, 6) is 0. The van der Waals surface area contributed by atoms with Gasteiger partial charge in [0.1, 0.15) is 6.10 Å². The molecule has 2 aromatic heterocycles. The number of aliphatic hydroxyl groups excluding tert-OH is 1. The van der Waals surface area contributed by atoms with Gasteiger partial charge in [-0.15, -0.1) is 11.3 Å². The van der Waals surface area contributed by atoms with E-state index in [0.29, 0.717) is 4.88 Å². The number of aliphatic hydroxyl groups is 1. The van der Waals surface area contributed by atoms with Crippen LogP contribution in [0, 0.1) is 6.92 Å². The lowest BCUT2D eigenvalue weighted by Gasteiger charge is -2.15. The fourth-order valence-corrected chi connectivity index (χ4v) is 3.22. The van der Waals surface area contributed by atoms with E-state index in [0.717, 1.165) is 27.8 Å². The number of alkyl halides is 3. The van der Waals surface area contributed by atoms with E-state index in [1.165, 1.54) is 11.3 Å². The molecule has 2 rings (SSSR count). The summed E-state index contributed by atoms with van der Waals surface area (Å²) >= 11 is 4.52. The van der Waals surface area contributed by atoms with Gasteiger partial charge in [0.25, 0.3) is 0 Å². The van der Waals surface area contributed by atoms with Crippen LogP contribution in [0.1, 0.15) is 27.0 Å². The van der Waals surface area contributed by atoms with Crippen LogP contribution < -0.4 is 0 Å². The Morgan fingerprint density at radius 2 is 2.11 bits per heavy atom. The van der Waals surface area contributed by atoms with Gasteiger partial charge in [-0.3, -0.25) is 4.98 Å². The Balaban J connectivity index is 2.47. The SMILES string of the molecule is Cc1sc(C(O)c2cnccc2C(F)(F)F)cc1Br. The molecule has 0 aliphatic carbocycles. The lowest BCUT2D eigenvalue weighted by atomic mass is 10.0. The predicted molar refractivity (Wildman–Crippen MR) is 70.1 cm³/mol. The molecule has 7 heteroatoms. The fraction of sp³-hybridized carbons (Fsp3) is 0.250. The Hall–Kier alpha value is -0.920. The molecular formula is C12H9BrF3NOS. The summed E-state index contributed by atoms with van der Waals surface area (Å²) in [5.41, 5.74) is -1.10. The van der Waals surface area contributed by atoms with Crippen molar-refractivity contribution in [3.63, 3.8) is 0 Å². The zero-order valence-corrected chi connectivity index (χ0v) is 12.1. The highest BCUT2D eigenvalue weighted by Gasteiger charge is 2.35. The summed E-state index contributed by atoms with van der Waals surface area (Å²) in [6.45, 7) is 1.82. The Morgan fingerprint density at radius 3 is 2.63 bits per heavy atom. The highest BCUT2D eigenvalue weighted by atomic mass is 79.9. The topological polar surface area (TPSA) is 33.1 Å². The van der Waals surface area contributed by atoms with Crippen molar-refractivity contribution in [2.45, 2.75) is 19.2 Å². The van der Waals surface area contributed by atoms with Crippen molar-refractivity contribution in [3.8, 4) is 0 Å². The molecule has 2 heterocycles. The van der Waals surface area contributed by atoms with Crippen molar-refractivity contribution in [2.24, 2.45) is 0 Å². The number of pyridine rings is 1. The van der Waals surface area contributed by atoms with Crippen molar-refractivity contribution >= 4 is 27.3 Å². The number of halogens is 4. The second kappa shape index (κ2) is 5.22. The third-order valence-corrected chi connectivity index (χ3v) is 4.79. The van der Waals surface area contributed by atoms with E-state index in [-0.39, 0.29) is 5.56 Å². The third-order valence-electron chi connectivity index (χ3n) is 2.60. The summed E-state index contributed by atoms with van der Waals surface area (Å²) in [4.78, 5) is 5.01. The standard InChI is InChI=1S/C12H9BrF3NOS/c1-6-9(13)4-10(19-6)11(18)7-5-17-3-2-8(7)12(14,15)16/h2-5,11,18H,1H3. The number of hydrogen-bond donors (Lipinski definition) is 1. The van der Waals surface area contributed by atoms with Crippen LogP contribution in [0.5, 0.6) is 0 Å². The molecule has 1 N–H and O–H groups in total. The maximum atomic E-state index is 12.9. The Bertz CT molecular complexity index is 577. The minimum atomic E-state index is -4.51. The van der Waals surface area contributed by atoms with Gasteiger partial charge in [-0.25, -0.2) is 0 Å². The molecule has 0 bridgehead atoms. The van der Waals surface area contributed by atoms with Gasteiger partial charge in [0, 0.05) is 32.2 Å². The first-order valence-corrected chi connectivity index (χ1v) is 6.86. The van der Waals surface area contributed by atoms with E-state index < -0.39 is 17.8 Å². The van der Waals surface area contributed by atoms with E-state index in [1.807, 2.05) is 6.92 Å². The summed E-state index contributed by atoms with van der Waals surface area (Å²) < 4.78 is 39.4. The monoisotopic (exact) mass is 351 g/mol. The predicted octanol–water partition coefficient (Wildman–Crippen LogP) is 4.31. The van der Waals surface area contributed by atoms with Gasteiger partial charge in [0.05, 0.1) is 5.56 Å². The molecule has 1 unspecified atom stereocenters. The van der Waals surface area contributed by atoms with Crippen LogP contribution in [0.25, 0.3) is 0 Å². The van der Waals surface area contributed by atoms with Crippen LogP contribution in [0.4, 0.5) is 13.2 Å². The number of hydrogen-bond acceptors (Lipinski definition) is 3. The summed E-state index contributed by atoms with van der Waals surface area (Å²) in [7, 11) is 0. The first-order chi connectivity index (χ1) is 8.80. The summed E-state index contributed by atoms with van der Waals surface area (Å²) in [6.07, 6.45) is -3.73. The van der Waals surface area contributed by atoms with E-state index in [2.05, 4.69) is 20.9 Å². The normalized spacial score (nSPS) is 13.6. The molecule has 0 aliphatic rings. The molecule has 2 nitrogen and oxygen atoms in total. The number of rotatable bonds is 2. The van der Waals surface area contributed by atoms with Crippen LogP contribution in [0.15, 0.2) is 29.0 Å². The molecule has 2 aromatic rings. The Labute approximate surface area is 120 Å².